The quantitative estimate of drug-likeness (QED) is 0.914. The Morgan fingerprint density at radius 1 is 1.21 bits per heavy atom. The van der Waals surface area contributed by atoms with Crippen molar-refractivity contribution in [2.75, 3.05) is 25.0 Å². The number of anilines is 1. The minimum absolute atomic E-state index is 0.825. The number of aromatic nitrogens is 4. The van der Waals surface area contributed by atoms with Crippen LogP contribution in [0.25, 0.3) is 5.65 Å². The first-order valence-electron chi connectivity index (χ1n) is 9.53. The normalized spacial score (nSPS) is 24.9. The van der Waals surface area contributed by atoms with Crippen molar-refractivity contribution in [3.05, 3.63) is 18.1 Å². The maximum atomic E-state index is 4.51. The van der Waals surface area contributed by atoms with Crippen molar-refractivity contribution in [1.82, 2.24) is 24.7 Å². The predicted octanol–water partition coefficient (Wildman–Crippen LogP) is 2.75. The second kappa shape index (κ2) is 7.05. The molecule has 2 fully saturated rings. The molecule has 2 aromatic heterocycles. The second-order valence-electron chi connectivity index (χ2n) is 7.22. The highest BCUT2D eigenvalue weighted by atomic mass is 15.3. The van der Waals surface area contributed by atoms with Gasteiger partial charge in [-0.05, 0) is 63.6 Å². The fourth-order valence-electron chi connectivity index (χ4n) is 4.49. The van der Waals surface area contributed by atoms with E-state index in [1.807, 2.05) is 0 Å². The molecule has 6 nitrogen and oxygen atoms in total. The van der Waals surface area contributed by atoms with Crippen molar-refractivity contribution in [3.8, 4) is 0 Å². The lowest BCUT2D eigenvalue weighted by Crippen LogP contribution is -2.48. The van der Waals surface area contributed by atoms with E-state index in [0.29, 0.717) is 0 Å². The molecule has 4 heterocycles. The van der Waals surface area contributed by atoms with Gasteiger partial charge in [0.2, 0.25) is 5.65 Å². The van der Waals surface area contributed by atoms with Gasteiger partial charge in [-0.25, -0.2) is 0 Å². The lowest BCUT2D eigenvalue weighted by molar-refractivity contribution is 0.0573. The van der Waals surface area contributed by atoms with Crippen LogP contribution in [-0.2, 0) is 6.42 Å². The number of fused-ring (bicyclic) bond motifs is 2. The van der Waals surface area contributed by atoms with Gasteiger partial charge in [-0.2, -0.15) is 9.61 Å². The van der Waals surface area contributed by atoms with Gasteiger partial charge in [0.1, 0.15) is 6.33 Å². The molecule has 0 unspecified atom stereocenters. The van der Waals surface area contributed by atoms with Crippen LogP contribution in [0.2, 0.25) is 0 Å². The van der Waals surface area contributed by atoms with E-state index in [0.717, 1.165) is 42.0 Å². The fourth-order valence-corrected chi connectivity index (χ4v) is 4.49. The van der Waals surface area contributed by atoms with E-state index in [9.17, 15) is 0 Å². The molecule has 2 aliphatic heterocycles. The highest BCUT2D eigenvalue weighted by Crippen LogP contribution is 2.32. The molecule has 2 aliphatic rings. The third kappa shape index (κ3) is 3.11. The van der Waals surface area contributed by atoms with E-state index in [-0.39, 0.29) is 0 Å². The molecule has 0 aromatic carbocycles. The van der Waals surface area contributed by atoms with Gasteiger partial charge in [0.05, 0.1) is 11.4 Å². The maximum Gasteiger partial charge on any atom is 0.200 e. The average Bonchev–Trinajstić information content (AvgIpc) is 3.10. The van der Waals surface area contributed by atoms with Gasteiger partial charge in [-0.1, -0.05) is 13.3 Å². The van der Waals surface area contributed by atoms with Crippen molar-refractivity contribution in [3.63, 3.8) is 0 Å². The summed E-state index contributed by atoms with van der Waals surface area (Å²) in [6, 6.07) is 2.95. The summed E-state index contributed by atoms with van der Waals surface area (Å²) in [7, 11) is 0. The van der Waals surface area contributed by atoms with Crippen molar-refractivity contribution >= 4 is 11.3 Å². The zero-order valence-electron chi connectivity index (χ0n) is 14.6. The average molecular weight is 328 g/mol. The SMILES string of the molecule is CCc1cc(NCC[C@@H]2CCCN3CCCC[C@H]23)c2nncn2n1. The summed E-state index contributed by atoms with van der Waals surface area (Å²) in [6.07, 6.45) is 10.8. The van der Waals surface area contributed by atoms with Gasteiger partial charge < -0.3 is 10.2 Å². The van der Waals surface area contributed by atoms with E-state index in [1.165, 1.54) is 51.6 Å². The van der Waals surface area contributed by atoms with Crippen molar-refractivity contribution in [1.29, 1.82) is 0 Å². The van der Waals surface area contributed by atoms with E-state index in [1.54, 1.807) is 10.8 Å². The van der Waals surface area contributed by atoms with Gasteiger partial charge in [-0.3, -0.25) is 0 Å². The van der Waals surface area contributed by atoms with Crippen LogP contribution in [0.1, 0.15) is 51.1 Å². The van der Waals surface area contributed by atoms with Crippen LogP contribution in [0.15, 0.2) is 12.4 Å². The summed E-state index contributed by atoms with van der Waals surface area (Å²) in [5.74, 6) is 0.841. The number of aryl methyl sites for hydroxylation is 1. The minimum atomic E-state index is 0.825. The van der Waals surface area contributed by atoms with Crippen molar-refractivity contribution in [2.45, 2.75) is 57.9 Å². The molecular formula is C18H28N6. The Morgan fingerprint density at radius 2 is 2.12 bits per heavy atom. The standard InChI is InChI=1S/C18H28N6/c1-2-15-12-16(18-21-20-13-24(18)22-15)19-9-8-14-6-5-11-23-10-4-3-7-17(14)23/h12-14,17,19H,2-11H2,1H3/t14-,17+/m0/s1. The Morgan fingerprint density at radius 3 is 3.04 bits per heavy atom. The fraction of sp³-hybridized carbons (Fsp3) is 0.722. The highest BCUT2D eigenvalue weighted by Gasteiger charge is 2.32. The molecule has 0 saturated carbocycles. The smallest absolute Gasteiger partial charge is 0.200 e. The summed E-state index contributed by atoms with van der Waals surface area (Å²) in [5.41, 5.74) is 2.96. The molecular weight excluding hydrogens is 300 g/mol. The summed E-state index contributed by atoms with van der Waals surface area (Å²) in [5, 5.41) is 16.3. The van der Waals surface area contributed by atoms with Gasteiger partial charge in [0.25, 0.3) is 0 Å². The third-order valence-corrected chi connectivity index (χ3v) is 5.74. The largest absolute Gasteiger partial charge is 0.382 e. The second-order valence-corrected chi connectivity index (χ2v) is 7.22. The van der Waals surface area contributed by atoms with Gasteiger partial charge in [-0.15, -0.1) is 10.2 Å². The maximum absolute atomic E-state index is 4.51. The molecule has 0 bridgehead atoms. The first kappa shape index (κ1) is 15.8. The third-order valence-electron chi connectivity index (χ3n) is 5.74. The first-order chi connectivity index (χ1) is 11.8. The Kier molecular flexibility index (Phi) is 4.65. The minimum Gasteiger partial charge on any atom is -0.382 e. The monoisotopic (exact) mass is 328 g/mol. The van der Waals surface area contributed by atoms with Gasteiger partial charge in [0.15, 0.2) is 0 Å². The summed E-state index contributed by atoms with van der Waals surface area (Å²) in [4.78, 5) is 2.75. The number of nitrogens with one attached hydrogen (secondary N) is 1. The molecule has 0 amide bonds. The molecule has 24 heavy (non-hydrogen) atoms. The first-order valence-corrected chi connectivity index (χ1v) is 9.53. The number of piperidine rings is 2. The molecule has 0 aliphatic carbocycles. The van der Waals surface area contributed by atoms with E-state index < -0.39 is 0 Å². The number of hydrogen-bond acceptors (Lipinski definition) is 5. The Hall–Kier alpha value is -1.69. The molecule has 1 N–H and O–H groups in total. The van der Waals surface area contributed by atoms with Crippen LogP contribution in [0.4, 0.5) is 5.69 Å². The number of hydrogen-bond donors (Lipinski definition) is 1. The van der Waals surface area contributed by atoms with Crippen molar-refractivity contribution < 1.29 is 0 Å². The molecule has 2 aromatic rings. The molecule has 0 spiro atoms. The molecule has 2 saturated heterocycles. The van der Waals surface area contributed by atoms with Crippen LogP contribution in [0.5, 0.6) is 0 Å². The molecule has 6 heteroatoms. The zero-order valence-corrected chi connectivity index (χ0v) is 14.6. The summed E-state index contributed by atoms with van der Waals surface area (Å²) >= 11 is 0. The summed E-state index contributed by atoms with van der Waals surface area (Å²) in [6.45, 7) is 5.77. The highest BCUT2D eigenvalue weighted by molar-refractivity contribution is 5.66. The lowest BCUT2D eigenvalue weighted by atomic mass is 9.82. The van der Waals surface area contributed by atoms with Gasteiger partial charge in [0, 0.05) is 12.6 Å². The Balaban J connectivity index is 1.41. The van der Waals surface area contributed by atoms with E-state index in [4.69, 9.17) is 0 Å². The topological polar surface area (TPSA) is 58.3 Å². The van der Waals surface area contributed by atoms with Crippen LogP contribution in [0.3, 0.4) is 0 Å². The van der Waals surface area contributed by atoms with E-state index >= 15 is 0 Å². The molecule has 0 radical (unpaired) electrons. The molecule has 2 atom stereocenters. The van der Waals surface area contributed by atoms with Crippen molar-refractivity contribution in [2.24, 2.45) is 5.92 Å². The summed E-state index contributed by atoms with van der Waals surface area (Å²) < 4.78 is 1.78. The lowest BCUT2D eigenvalue weighted by Gasteiger charge is -2.44. The van der Waals surface area contributed by atoms with Crippen LogP contribution < -0.4 is 5.32 Å². The number of nitrogens with zero attached hydrogens (tertiary/aromatic N) is 5. The van der Waals surface area contributed by atoms with Crippen LogP contribution >= 0.6 is 0 Å². The van der Waals surface area contributed by atoms with Gasteiger partial charge >= 0.3 is 0 Å². The van der Waals surface area contributed by atoms with Crippen LogP contribution in [-0.4, -0.2) is 50.4 Å². The molecule has 4 rings (SSSR count). The zero-order chi connectivity index (χ0) is 16.4. The van der Waals surface area contributed by atoms with E-state index in [2.05, 4.69) is 38.5 Å². The van der Waals surface area contributed by atoms with Crippen LogP contribution in [0, 0.1) is 5.92 Å². The Labute approximate surface area is 143 Å². The molecule has 130 valence electrons. The Bertz CT molecular complexity index is 679. The predicted molar refractivity (Wildman–Crippen MR) is 95.2 cm³/mol. The number of rotatable bonds is 5.